The van der Waals surface area contributed by atoms with E-state index in [4.69, 9.17) is 0 Å². The molecule has 0 spiro atoms. The Kier molecular flexibility index (Phi) is 6.55. The summed E-state index contributed by atoms with van der Waals surface area (Å²) in [4.78, 5) is 5.02. The van der Waals surface area contributed by atoms with E-state index >= 15 is 0 Å². The summed E-state index contributed by atoms with van der Waals surface area (Å²) in [7, 11) is 6.78. The number of nitrogens with zero attached hydrogens (tertiary/aromatic N) is 2. The Morgan fingerprint density at radius 2 is 1.54 bits per heavy atom. The molecule has 3 rings (SSSR count). The van der Waals surface area contributed by atoms with Gasteiger partial charge in [-0.25, -0.2) is 0 Å². The van der Waals surface area contributed by atoms with Gasteiger partial charge in [0.1, 0.15) is 0 Å². The van der Waals surface area contributed by atoms with Gasteiger partial charge in [0.2, 0.25) is 0 Å². The minimum atomic E-state index is 0.178. The van der Waals surface area contributed by atoms with Crippen molar-refractivity contribution in [2.45, 2.75) is 43.7 Å². The highest BCUT2D eigenvalue weighted by Gasteiger charge is 2.39. The van der Waals surface area contributed by atoms with Crippen LogP contribution < -0.4 is 0 Å². The molecular weight excluding hydrogens is 384 g/mol. The molecule has 0 amide bonds. The molecule has 0 atom stereocenters. The number of hydrogen-bond donors (Lipinski definition) is 0. The number of halogens is 1. The Morgan fingerprint density at radius 1 is 0.923 bits per heavy atom. The van der Waals surface area contributed by atoms with Crippen molar-refractivity contribution in [1.82, 2.24) is 9.80 Å². The number of rotatable bonds is 6. The SMILES string of the molecule is CN(CCc1ccccc1)C1CCC(c2ccc(Br)cc2)(N(C)C)CC1. The predicted octanol–water partition coefficient (Wildman–Crippen LogP) is 5.32. The maximum atomic E-state index is 3.57. The van der Waals surface area contributed by atoms with E-state index in [2.05, 4.69) is 101 Å². The third kappa shape index (κ3) is 4.39. The second kappa shape index (κ2) is 8.69. The quantitative estimate of drug-likeness (QED) is 0.630. The zero-order chi connectivity index (χ0) is 18.6. The Balaban J connectivity index is 1.61. The van der Waals surface area contributed by atoms with Gasteiger partial charge in [0.25, 0.3) is 0 Å². The van der Waals surface area contributed by atoms with E-state index in [1.165, 1.54) is 36.8 Å². The van der Waals surface area contributed by atoms with Gasteiger partial charge in [0.15, 0.2) is 0 Å². The van der Waals surface area contributed by atoms with Crippen LogP contribution in [0.1, 0.15) is 36.8 Å². The van der Waals surface area contributed by atoms with Crippen LogP contribution in [0.5, 0.6) is 0 Å². The molecule has 2 aromatic carbocycles. The summed E-state index contributed by atoms with van der Waals surface area (Å²) in [5.41, 5.74) is 3.07. The molecule has 26 heavy (non-hydrogen) atoms. The van der Waals surface area contributed by atoms with Crippen LogP contribution in [-0.2, 0) is 12.0 Å². The maximum absolute atomic E-state index is 3.57. The molecule has 2 nitrogen and oxygen atoms in total. The van der Waals surface area contributed by atoms with Crippen molar-refractivity contribution in [3.8, 4) is 0 Å². The molecule has 2 aromatic rings. The third-order valence-corrected chi connectivity index (χ3v) is 6.77. The molecule has 3 heteroatoms. The van der Waals surface area contributed by atoms with Crippen LogP contribution in [0.4, 0.5) is 0 Å². The molecule has 0 radical (unpaired) electrons. The van der Waals surface area contributed by atoms with Crippen molar-refractivity contribution in [1.29, 1.82) is 0 Å². The molecule has 1 aliphatic rings. The smallest absolute Gasteiger partial charge is 0.0455 e. The summed E-state index contributed by atoms with van der Waals surface area (Å²) in [6.45, 7) is 1.14. The fraction of sp³-hybridized carbons (Fsp3) is 0.478. The van der Waals surface area contributed by atoms with Crippen LogP contribution in [0, 0.1) is 0 Å². The minimum absolute atomic E-state index is 0.178. The van der Waals surface area contributed by atoms with Crippen LogP contribution in [0.15, 0.2) is 59.1 Å². The second-order valence-electron chi connectivity index (χ2n) is 7.88. The number of benzene rings is 2. The normalized spacial score (nSPS) is 23.5. The molecule has 0 unspecified atom stereocenters. The van der Waals surface area contributed by atoms with Crippen molar-refractivity contribution in [3.05, 3.63) is 70.2 Å². The summed E-state index contributed by atoms with van der Waals surface area (Å²) in [5, 5.41) is 0. The standard InChI is InChI=1S/C23H31BrN2/c1-25(2)23(20-9-11-21(24)12-10-20)16-13-22(14-17-23)26(3)18-15-19-7-5-4-6-8-19/h4-12,22H,13-18H2,1-3H3. The summed E-state index contributed by atoms with van der Waals surface area (Å²) in [6.07, 6.45) is 6.11. The number of likely N-dealkylation sites (N-methyl/N-ethyl adjacent to an activating group) is 1. The predicted molar refractivity (Wildman–Crippen MR) is 115 cm³/mol. The highest BCUT2D eigenvalue weighted by Crippen LogP contribution is 2.42. The molecule has 0 aliphatic heterocycles. The van der Waals surface area contributed by atoms with Gasteiger partial charge < -0.3 is 4.90 Å². The Morgan fingerprint density at radius 3 is 2.12 bits per heavy atom. The lowest BCUT2D eigenvalue weighted by molar-refractivity contribution is 0.0577. The van der Waals surface area contributed by atoms with E-state index < -0.39 is 0 Å². The monoisotopic (exact) mass is 414 g/mol. The van der Waals surface area contributed by atoms with Crippen LogP contribution >= 0.6 is 15.9 Å². The van der Waals surface area contributed by atoms with Crippen LogP contribution in [0.2, 0.25) is 0 Å². The molecule has 0 aromatic heterocycles. The average molecular weight is 415 g/mol. The Hall–Kier alpha value is -1.16. The molecule has 1 saturated carbocycles. The minimum Gasteiger partial charge on any atom is -0.303 e. The van der Waals surface area contributed by atoms with E-state index in [1.54, 1.807) is 0 Å². The van der Waals surface area contributed by atoms with Crippen molar-refractivity contribution < 1.29 is 0 Å². The van der Waals surface area contributed by atoms with Gasteiger partial charge in [-0.15, -0.1) is 0 Å². The lowest BCUT2D eigenvalue weighted by atomic mass is 9.73. The molecule has 0 bridgehead atoms. The number of hydrogen-bond acceptors (Lipinski definition) is 2. The average Bonchev–Trinajstić information content (AvgIpc) is 2.67. The van der Waals surface area contributed by atoms with Gasteiger partial charge in [-0.2, -0.15) is 0 Å². The van der Waals surface area contributed by atoms with Gasteiger partial charge in [-0.05, 0) is 76.5 Å². The van der Waals surface area contributed by atoms with Gasteiger partial charge in [0, 0.05) is 22.6 Å². The van der Waals surface area contributed by atoms with E-state index in [0.29, 0.717) is 6.04 Å². The summed E-state index contributed by atoms with van der Waals surface area (Å²) < 4.78 is 1.16. The van der Waals surface area contributed by atoms with E-state index in [0.717, 1.165) is 17.4 Å². The van der Waals surface area contributed by atoms with Crippen molar-refractivity contribution in [2.24, 2.45) is 0 Å². The molecule has 0 N–H and O–H groups in total. The highest BCUT2D eigenvalue weighted by atomic mass is 79.9. The molecule has 140 valence electrons. The lowest BCUT2D eigenvalue weighted by Crippen LogP contribution is -2.48. The van der Waals surface area contributed by atoms with Gasteiger partial charge in [-0.3, -0.25) is 4.90 Å². The van der Waals surface area contributed by atoms with E-state index in [-0.39, 0.29) is 5.54 Å². The third-order valence-electron chi connectivity index (χ3n) is 6.24. The molecular formula is C23H31BrN2. The lowest BCUT2D eigenvalue weighted by Gasteiger charge is -2.47. The van der Waals surface area contributed by atoms with E-state index in [1.807, 2.05) is 0 Å². The molecule has 1 aliphatic carbocycles. The largest absolute Gasteiger partial charge is 0.303 e. The topological polar surface area (TPSA) is 6.48 Å². The first-order valence-corrected chi connectivity index (χ1v) is 10.5. The van der Waals surface area contributed by atoms with Gasteiger partial charge in [-0.1, -0.05) is 58.4 Å². The maximum Gasteiger partial charge on any atom is 0.0455 e. The van der Waals surface area contributed by atoms with Crippen molar-refractivity contribution in [3.63, 3.8) is 0 Å². The Labute approximate surface area is 167 Å². The van der Waals surface area contributed by atoms with Gasteiger partial charge in [0.05, 0.1) is 0 Å². The first-order chi connectivity index (χ1) is 12.5. The van der Waals surface area contributed by atoms with Crippen molar-refractivity contribution >= 4 is 15.9 Å². The van der Waals surface area contributed by atoms with Crippen LogP contribution in [0.25, 0.3) is 0 Å². The first kappa shape index (κ1) is 19.6. The van der Waals surface area contributed by atoms with Gasteiger partial charge >= 0.3 is 0 Å². The van der Waals surface area contributed by atoms with Crippen LogP contribution in [-0.4, -0.2) is 43.5 Å². The zero-order valence-corrected chi connectivity index (χ0v) is 17.9. The van der Waals surface area contributed by atoms with Crippen molar-refractivity contribution in [2.75, 3.05) is 27.7 Å². The van der Waals surface area contributed by atoms with Crippen LogP contribution in [0.3, 0.4) is 0 Å². The fourth-order valence-electron chi connectivity index (χ4n) is 4.41. The zero-order valence-electron chi connectivity index (χ0n) is 16.3. The fourth-order valence-corrected chi connectivity index (χ4v) is 4.67. The molecule has 1 fully saturated rings. The Bertz CT molecular complexity index is 673. The summed E-state index contributed by atoms with van der Waals surface area (Å²) >= 11 is 3.57. The molecule has 0 heterocycles. The highest BCUT2D eigenvalue weighted by molar-refractivity contribution is 9.10. The molecule has 0 saturated heterocycles. The van der Waals surface area contributed by atoms with E-state index in [9.17, 15) is 0 Å². The summed E-state index contributed by atoms with van der Waals surface area (Å²) in [6, 6.07) is 20.5. The summed E-state index contributed by atoms with van der Waals surface area (Å²) in [5.74, 6) is 0. The second-order valence-corrected chi connectivity index (χ2v) is 8.80. The first-order valence-electron chi connectivity index (χ1n) is 9.69.